The van der Waals surface area contributed by atoms with Gasteiger partial charge in [-0.15, -0.1) is 0 Å². The van der Waals surface area contributed by atoms with Crippen LogP contribution in [0.4, 0.5) is 11.4 Å². The van der Waals surface area contributed by atoms with Crippen molar-refractivity contribution in [2.75, 3.05) is 13.2 Å². The van der Waals surface area contributed by atoms with Gasteiger partial charge in [-0.05, 0) is 59.4 Å². The molecule has 0 saturated carbocycles. The molecule has 0 atom stereocenters. The second-order valence-electron chi connectivity index (χ2n) is 6.46. The summed E-state index contributed by atoms with van der Waals surface area (Å²) >= 11 is 0. The minimum atomic E-state index is 0.160. The van der Waals surface area contributed by atoms with Crippen molar-refractivity contribution in [2.24, 2.45) is 9.98 Å². The summed E-state index contributed by atoms with van der Waals surface area (Å²) in [5.74, 6) is 0. The molecular formula is C24H24N2O2. The first kappa shape index (κ1) is 19.7. The second-order valence-corrected chi connectivity index (χ2v) is 6.46. The van der Waals surface area contributed by atoms with Crippen LogP contribution in [0.1, 0.15) is 22.3 Å². The quantitative estimate of drug-likeness (QED) is 0.580. The van der Waals surface area contributed by atoms with Crippen molar-refractivity contribution in [2.45, 2.75) is 12.8 Å². The maximum atomic E-state index is 8.95. The third-order valence-corrected chi connectivity index (χ3v) is 4.34. The van der Waals surface area contributed by atoms with E-state index >= 15 is 0 Å². The average Bonchev–Trinajstić information content (AvgIpc) is 2.74. The van der Waals surface area contributed by atoms with Crippen molar-refractivity contribution >= 4 is 23.8 Å². The summed E-state index contributed by atoms with van der Waals surface area (Å²) in [5, 5.41) is 17.9. The van der Waals surface area contributed by atoms with Gasteiger partial charge in [0.2, 0.25) is 0 Å². The van der Waals surface area contributed by atoms with E-state index < -0.39 is 0 Å². The van der Waals surface area contributed by atoms with E-state index in [1.165, 1.54) is 0 Å². The van der Waals surface area contributed by atoms with Gasteiger partial charge < -0.3 is 10.2 Å². The highest BCUT2D eigenvalue weighted by molar-refractivity contribution is 5.86. The van der Waals surface area contributed by atoms with Crippen LogP contribution in [0, 0.1) is 0 Å². The summed E-state index contributed by atoms with van der Waals surface area (Å²) in [6.45, 7) is 0.320. The Labute approximate surface area is 165 Å². The maximum absolute atomic E-state index is 8.95. The standard InChI is InChI=1S/C24H24N2O2/c27-15-13-19-5-9-23(10-6-19)25-17-21-1-2-22(4-3-21)18-26-24-11-7-20(8-12-24)14-16-28/h1-12,17-18,27-28H,13-16H2. The van der Waals surface area contributed by atoms with E-state index in [2.05, 4.69) is 9.98 Å². The maximum Gasteiger partial charge on any atom is 0.0630 e. The van der Waals surface area contributed by atoms with Crippen LogP contribution in [0.2, 0.25) is 0 Å². The summed E-state index contributed by atoms with van der Waals surface area (Å²) < 4.78 is 0. The summed E-state index contributed by atoms with van der Waals surface area (Å²) in [5.41, 5.74) is 6.02. The molecule has 4 heteroatoms. The molecule has 28 heavy (non-hydrogen) atoms. The molecule has 0 bridgehead atoms. The lowest BCUT2D eigenvalue weighted by molar-refractivity contribution is 0.299. The van der Waals surface area contributed by atoms with Crippen LogP contribution in [0.5, 0.6) is 0 Å². The highest BCUT2D eigenvalue weighted by atomic mass is 16.3. The van der Waals surface area contributed by atoms with Gasteiger partial charge >= 0.3 is 0 Å². The fraction of sp³-hybridized carbons (Fsp3) is 0.167. The third-order valence-electron chi connectivity index (χ3n) is 4.34. The Hall–Kier alpha value is -3.08. The molecule has 2 N–H and O–H groups in total. The lowest BCUT2D eigenvalue weighted by Crippen LogP contribution is -1.89. The lowest BCUT2D eigenvalue weighted by atomic mass is 10.1. The fourth-order valence-electron chi connectivity index (χ4n) is 2.72. The normalized spacial score (nSPS) is 11.5. The number of aliphatic imine (C=N–C) groups is 2. The topological polar surface area (TPSA) is 65.2 Å². The van der Waals surface area contributed by atoms with Crippen LogP contribution >= 0.6 is 0 Å². The summed E-state index contributed by atoms with van der Waals surface area (Å²) in [6, 6.07) is 23.8. The minimum Gasteiger partial charge on any atom is -0.396 e. The van der Waals surface area contributed by atoms with E-state index in [1.807, 2.05) is 85.2 Å². The van der Waals surface area contributed by atoms with E-state index in [4.69, 9.17) is 10.2 Å². The molecule has 142 valence electrons. The van der Waals surface area contributed by atoms with Gasteiger partial charge in [0.15, 0.2) is 0 Å². The zero-order chi connectivity index (χ0) is 19.6. The van der Waals surface area contributed by atoms with Gasteiger partial charge in [0.25, 0.3) is 0 Å². The first-order valence-corrected chi connectivity index (χ1v) is 9.34. The number of rotatable bonds is 8. The van der Waals surface area contributed by atoms with E-state index in [-0.39, 0.29) is 13.2 Å². The largest absolute Gasteiger partial charge is 0.396 e. The molecule has 0 unspecified atom stereocenters. The molecular weight excluding hydrogens is 348 g/mol. The SMILES string of the molecule is OCCc1ccc(N=Cc2ccc(C=Nc3ccc(CCO)cc3)cc2)cc1. The number of benzene rings is 3. The second kappa shape index (κ2) is 10.3. The predicted molar refractivity (Wildman–Crippen MR) is 115 cm³/mol. The Morgan fingerprint density at radius 3 is 1.21 bits per heavy atom. The third kappa shape index (κ3) is 5.98. The molecule has 0 saturated heterocycles. The van der Waals surface area contributed by atoms with E-state index in [9.17, 15) is 0 Å². The molecule has 0 aliphatic carbocycles. The molecule has 0 aliphatic heterocycles. The monoisotopic (exact) mass is 372 g/mol. The lowest BCUT2D eigenvalue weighted by Gasteiger charge is -2.00. The average molecular weight is 372 g/mol. The van der Waals surface area contributed by atoms with E-state index in [0.29, 0.717) is 12.8 Å². The summed E-state index contributed by atoms with van der Waals surface area (Å²) in [7, 11) is 0. The molecule has 3 aromatic rings. The predicted octanol–water partition coefficient (Wildman–Crippen LogP) is 4.26. The summed E-state index contributed by atoms with van der Waals surface area (Å²) in [6.07, 6.45) is 5.00. The van der Waals surface area contributed by atoms with Crippen molar-refractivity contribution in [3.63, 3.8) is 0 Å². The summed E-state index contributed by atoms with van der Waals surface area (Å²) in [4.78, 5) is 8.97. The fourth-order valence-corrected chi connectivity index (χ4v) is 2.72. The van der Waals surface area contributed by atoms with Gasteiger partial charge in [0.1, 0.15) is 0 Å². The number of aliphatic hydroxyl groups is 2. The van der Waals surface area contributed by atoms with Gasteiger partial charge in [0.05, 0.1) is 11.4 Å². The van der Waals surface area contributed by atoms with Crippen LogP contribution in [0.3, 0.4) is 0 Å². The molecule has 0 heterocycles. The van der Waals surface area contributed by atoms with Gasteiger partial charge in [0, 0.05) is 25.6 Å². The van der Waals surface area contributed by atoms with Crippen molar-refractivity contribution < 1.29 is 10.2 Å². The zero-order valence-electron chi connectivity index (χ0n) is 15.7. The van der Waals surface area contributed by atoms with E-state index in [1.54, 1.807) is 0 Å². The van der Waals surface area contributed by atoms with Crippen molar-refractivity contribution in [3.05, 3.63) is 95.1 Å². The molecule has 0 aromatic heterocycles. The molecule has 0 aliphatic rings. The zero-order valence-corrected chi connectivity index (χ0v) is 15.7. The first-order chi connectivity index (χ1) is 13.8. The molecule has 3 aromatic carbocycles. The molecule has 3 rings (SSSR count). The van der Waals surface area contributed by atoms with Crippen LogP contribution in [-0.2, 0) is 12.8 Å². The van der Waals surface area contributed by atoms with Crippen LogP contribution in [0.25, 0.3) is 0 Å². The van der Waals surface area contributed by atoms with Crippen molar-refractivity contribution in [1.82, 2.24) is 0 Å². The number of aliphatic hydroxyl groups excluding tert-OH is 2. The smallest absolute Gasteiger partial charge is 0.0630 e. The first-order valence-electron chi connectivity index (χ1n) is 9.34. The van der Waals surface area contributed by atoms with Gasteiger partial charge in [-0.25, -0.2) is 0 Å². The number of hydrogen-bond donors (Lipinski definition) is 2. The highest BCUT2D eigenvalue weighted by Crippen LogP contribution is 2.15. The Morgan fingerprint density at radius 1 is 0.536 bits per heavy atom. The molecule has 4 nitrogen and oxygen atoms in total. The van der Waals surface area contributed by atoms with Crippen LogP contribution in [0.15, 0.2) is 82.8 Å². The Bertz CT molecular complexity index is 834. The van der Waals surface area contributed by atoms with Crippen molar-refractivity contribution in [1.29, 1.82) is 0 Å². The van der Waals surface area contributed by atoms with E-state index in [0.717, 1.165) is 33.6 Å². The minimum absolute atomic E-state index is 0.160. The van der Waals surface area contributed by atoms with Crippen LogP contribution < -0.4 is 0 Å². The van der Waals surface area contributed by atoms with Gasteiger partial charge in [-0.3, -0.25) is 9.98 Å². The Kier molecular flexibility index (Phi) is 7.24. The van der Waals surface area contributed by atoms with Gasteiger partial charge in [-0.2, -0.15) is 0 Å². The molecule has 0 fully saturated rings. The number of hydrogen-bond acceptors (Lipinski definition) is 4. The van der Waals surface area contributed by atoms with Crippen LogP contribution in [-0.4, -0.2) is 35.9 Å². The molecule has 0 spiro atoms. The van der Waals surface area contributed by atoms with Gasteiger partial charge in [-0.1, -0.05) is 48.5 Å². The molecule has 0 amide bonds. The highest BCUT2D eigenvalue weighted by Gasteiger charge is 1.95. The number of nitrogens with zero attached hydrogens (tertiary/aromatic N) is 2. The Balaban J connectivity index is 1.59. The molecule has 0 radical (unpaired) electrons. The van der Waals surface area contributed by atoms with Crippen molar-refractivity contribution in [3.8, 4) is 0 Å². The Morgan fingerprint density at radius 2 is 0.893 bits per heavy atom.